The second kappa shape index (κ2) is 7.40. The van der Waals surface area contributed by atoms with E-state index >= 15 is 0 Å². The zero-order valence-corrected chi connectivity index (χ0v) is 18.0. The molecule has 1 atom stereocenters. The number of carbonyl (C=O) groups excluding carboxylic acids is 1. The number of benzene rings is 1. The van der Waals surface area contributed by atoms with Gasteiger partial charge in [0.25, 0.3) is 5.56 Å². The van der Waals surface area contributed by atoms with Crippen molar-refractivity contribution < 1.29 is 9.53 Å². The predicted octanol–water partition coefficient (Wildman–Crippen LogP) is 4.42. The van der Waals surface area contributed by atoms with E-state index in [1.807, 2.05) is 18.2 Å². The van der Waals surface area contributed by atoms with Crippen molar-refractivity contribution in [2.45, 2.75) is 32.8 Å². The molecule has 3 heterocycles. The van der Waals surface area contributed by atoms with E-state index < -0.39 is 5.97 Å². The van der Waals surface area contributed by atoms with Gasteiger partial charge in [0.2, 0.25) is 0 Å². The largest absolute Gasteiger partial charge is 0.456 e. The predicted molar refractivity (Wildman–Crippen MR) is 118 cm³/mol. The normalized spacial score (nSPS) is 16.0. The first-order valence-corrected chi connectivity index (χ1v) is 10.8. The molecule has 3 aromatic heterocycles. The summed E-state index contributed by atoms with van der Waals surface area (Å²) in [5.74, 6) is 0.222. The van der Waals surface area contributed by atoms with Gasteiger partial charge in [-0.2, -0.15) is 0 Å². The summed E-state index contributed by atoms with van der Waals surface area (Å²) >= 11 is 3.34. The van der Waals surface area contributed by atoms with Crippen LogP contribution in [-0.4, -0.2) is 20.3 Å². The molecule has 1 aliphatic rings. The van der Waals surface area contributed by atoms with Gasteiger partial charge in [0.1, 0.15) is 12.3 Å². The number of carbonyl (C=O) groups is 1. The van der Waals surface area contributed by atoms with Crippen LogP contribution in [0.3, 0.4) is 0 Å². The number of fused-ring (bicyclic) bond motifs is 4. The third-order valence-corrected chi connectivity index (χ3v) is 6.17. The number of pyridine rings is 1. The summed E-state index contributed by atoms with van der Waals surface area (Å²) in [7, 11) is 0. The van der Waals surface area contributed by atoms with Gasteiger partial charge >= 0.3 is 5.97 Å². The Morgan fingerprint density at radius 2 is 2.17 bits per heavy atom. The van der Waals surface area contributed by atoms with E-state index in [0.717, 1.165) is 28.2 Å². The topological polar surface area (TPSA) is 76.5 Å². The summed E-state index contributed by atoms with van der Waals surface area (Å²) in [5, 5.41) is 1.10. The molecule has 30 heavy (non-hydrogen) atoms. The Hall–Kier alpha value is -2.93. The zero-order valence-electron chi connectivity index (χ0n) is 16.4. The van der Waals surface area contributed by atoms with Gasteiger partial charge in [0, 0.05) is 33.3 Å². The number of halogens is 1. The van der Waals surface area contributed by atoms with Crippen LogP contribution in [0.25, 0.3) is 16.6 Å². The molecule has 0 aliphatic heterocycles. The Bertz CT molecular complexity index is 1360. The van der Waals surface area contributed by atoms with Crippen molar-refractivity contribution in [1.82, 2.24) is 14.4 Å². The summed E-state index contributed by atoms with van der Waals surface area (Å²) in [4.78, 5) is 32.9. The van der Waals surface area contributed by atoms with Crippen LogP contribution in [0.2, 0.25) is 0 Å². The summed E-state index contributed by atoms with van der Waals surface area (Å²) in [5.41, 5.74) is 4.86. The molecular formula is C23H20BrN3O3. The number of rotatable bonds is 3. The molecule has 7 heteroatoms. The molecule has 0 radical (unpaired) electrons. The summed E-state index contributed by atoms with van der Waals surface area (Å²) < 4.78 is 7.69. The number of hydrogen-bond acceptors (Lipinski definition) is 4. The van der Waals surface area contributed by atoms with E-state index in [4.69, 9.17) is 4.74 Å². The standard InChI is InChI=1S/C23H20BrN3O3/c1-13-2-5-19-17(8-13)18-9-14(3-6-20(18)26-19)23(29)30-12-16-10-22(28)27-11-15(24)4-7-21(27)25-16/h3-4,6-7,9-11,13,26H,2,5,8,12H2,1H3. The maximum absolute atomic E-state index is 12.7. The number of aromatic amines is 1. The van der Waals surface area contributed by atoms with Crippen LogP contribution < -0.4 is 5.56 Å². The smallest absolute Gasteiger partial charge is 0.338 e. The maximum Gasteiger partial charge on any atom is 0.338 e. The number of nitrogens with zero attached hydrogens (tertiary/aromatic N) is 2. The fourth-order valence-corrected chi connectivity index (χ4v) is 4.48. The first-order chi connectivity index (χ1) is 14.5. The number of aryl methyl sites for hydroxylation is 1. The van der Waals surface area contributed by atoms with Crippen LogP contribution in [0, 0.1) is 5.92 Å². The second-order valence-electron chi connectivity index (χ2n) is 7.93. The first kappa shape index (κ1) is 19.1. The Kier molecular flexibility index (Phi) is 4.70. The van der Waals surface area contributed by atoms with Crippen LogP contribution in [0.15, 0.2) is 51.9 Å². The third kappa shape index (κ3) is 3.43. The van der Waals surface area contributed by atoms with E-state index in [-0.39, 0.29) is 12.2 Å². The molecule has 0 saturated heterocycles. The highest BCUT2D eigenvalue weighted by atomic mass is 79.9. The first-order valence-electron chi connectivity index (χ1n) is 9.96. The Morgan fingerprint density at radius 1 is 1.30 bits per heavy atom. The van der Waals surface area contributed by atoms with Gasteiger partial charge in [0.05, 0.1) is 11.3 Å². The van der Waals surface area contributed by atoms with Gasteiger partial charge in [-0.25, -0.2) is 9.78 Å². The quantitative estimate of drug-likeness (QED) is 0.454. The molecular weight excluding hydrogens is 446 g/mol. The van der Waals surface area contributed by atoms with Crippen LogP contribution >= 0.6 is 15.9 Å². The van der Waals surface area contributed by atoms with Crippen molar-refractivity contribution in [1.29, 1.82) is 0 Å². The molecule has 0 fully saturated rings. The number of ether oxygens (including phenoxy) is 1. The molecule has 5 rings (SSSR count). The van der Waals surface area contributed by atoms with Crippen molar-refractivity contribution >= 4 is 38.4 Å². The van der Waals surface area contributed by atoms with Crippen molar-refractivity contribution in [3.8, 4) is 0 Å². The lowest BCUT2D eigenvalue weighted by atomic mass is 9.87. The van der Waals surface area contributed by atoms with Crippen LogP contribution in [-0.2, 0) is 24.2 Å². The van der Waals surface area contributed by atoms with E-state index in [2.05, 4.69) is 32.8 Å². The molecule has 152 valence electrons. The van der Waals surface area contributed by atoms with Crippen LogP contribution in [0.4, 0.5) is 0 Å². The molecule has 1 aromatic carbocycles. The summed E-state index contributed by atoms with van der Waals surface area (Å²) in [6.07, 6.45) is 4.91. The SMILES string of the molecule is CC1CCc2[nH]c3ccc(C(=O)OCc4cc(=O)n5cc(Br)ccc5n4)cc3c2C1. The fraction of sp³-hybridized carbons (Fsp3) is 0.261. The van der Waals surface area contributed by atoms with Crippen molar-refractivity contribution in [3.63, 3.8) is 0 Å². The van der Waals surface area contributed by atoms with Gasteiger partial charge < -0.3 is 9.72 Å². The summed E-state index contributed by atoms with van der Waals surface area (Å²) in [6, 6.07) is 10.6. The molecule has 0 spiro atoms. The monoisotopic (exact) mass is 465 g/mol. The van der Waals surface area contributed by atoms with E-state index in [1.165, 1.54) is 28.1 Å². The average Bonchev–Trinajstić information content (AvgIpc) is 3.09. The Balaban J connectivity index is 1.38. The Labute approximate surface area is 181 Å². The van der Waals surface area contributed by atoms with Crippen molar-refractivity contribution in [3.05, 3.63) is 79.9 Å². The lowest BCUT2D eigenvalue weighted by Gasteiger charge is -2.18. The van der Waals surface area contributed by atoms with Gasteiger partial charge in [-0.3, -0.25) is 9.20 Å². The van der Waals surface area contributed by atoms with Crippen molar-refractivity contribution in [2.24, 2.45) is 5.92 Å². The minimum absolute atomic E-state index is 0.0546. The van der Waals surface area contributed by atoms with E-state index in [0.29, 0.717) is 22.8 Å². The molecule has 6 nitrogen and oxygen atoms in total. The number of aromatic nitrogens is 3. The third-order valence-electron chi connectivity index (χ3n) is 5.70. The molecule has 0 bridgehead atoms. The highest BCUT2D eigenvalue weighted by Crippen LogP contribution is 2.32. The van der Waals surface area contributed by atoms with Crippen LogP contribution in [0.5, 0.6) is 0 Å². The maximum atomic E-state index is 12.7. The number of hydrogen-bond donors (Lipinski definition) is 1. The Morgan fingerprint density at radius 3 is 3.03 bits per heavy atom. The minimum Gasteiger partial charge on any atom is -0.456 e. The highest BCUT2D eigenvalue weighted by molar-refractivity contribution is 9.10. The van der Waals surface area contributed by atoms with Gasteiger partial charge in [0.15, 0.2) is 0 Å². The van der Waals surface area contributed by atoms with E-state index in [9.17, 15) is 9.59 Å². The fourth-order valence-electron chi connectivity index (χ4n) is 4.14. The van der Waals surface area contributed by atoms with Gasteiger partial charge in [-0.15, -0.1) is 0 Å². The molecule has 4 aromatic rings. The molecule has 0 saturated carbocycles. The van der Waals surface area contributed by atoms with Gasteiger partial charge in [-0.1, -0.05) is 6.92 Å². The second-order valence-corrected chi connectivity index (χ2v) is 8.84. The lowest BCUT2D eigenvalue weighted by molar-refractivity contribution is 0.0468. The number of nitrogens with one attached hydrogen (secondary N) is 1. The van der Waals surface area contributed by atoms with Crippen molar-refractivity contribution in [2.75, 3.05) is 0 Å². The zero-order chi connectivity index (χ0) is 20.8. The van der Waals surface area contributed by atoms with E-state index in [1.54, 1.807) is 18.3 Å². The lowest BCUT2D eigenvalue weighted by Crippen LogP contribution is -2.16. The summed E-state index contributed by atoms with van der Waals surface area (Å²) in [6.45, 7) is 2.21. The van der Waals surface area contributed by atoms with Crippen LogP contribution in [0.1, 0.15) is 40.7 Å². The number of esters is 1. The molecule has 1 N–H and O–H groups in total. The molecule has 1 unspecified atom stereocenters. The number of H-pyrrole nitrogens is 1. The highest BCUT2D eigenvalue weighted by Gasteiger charge is 2.21. The molecule has 0 amide bonds. The molecule has 1 aliphatic carbocycles. The van der Waals surface area contributed by atoms with Gasteiger partial charge in [-0.05, 0) is 77.0 Å². The minimum atomic E-state index is -0.423. The average molecular weight is 466 g/mol.